The van der Waals surface area contributed by atoms with E-state index in [0.717, 1.165) is 10.6 Å². The van der Waals surface area contributed by atoms with Crippen LogP contribution in [-0.2, 0) is 0 Å². The lowest BCUT2D eigenvalue weighted by Crippen LogP contribution is -1.69. The summed E-state index contributed by atoms with van der Waals surface area (Å²) in [4.78, 5) is 0. The van der Waals surface area contributed by atoms with Gasteiger partial charge in [-0.3, -0.25) is 0 Å². The Bertz CT molecular complexity index is 152. The first-order valence-electron chi connectivity index (χ1n) is 2.84. The van der Waals surface area contributed by atoms with E-state index in [1.807, 2.05) is 26.0 Å². The van der Waals surface area contributed by atoms with Crippen molar-refractivity contribution in [3.8, 4) is 0 Å². The molecule has 0 aliphatic carbocycles. The van der Waals surface area contributed by atoms with Crippen LogP contribution in [-0.4, -0.2) is 0 Å². The van der Waals surface area contributed by atoms with Gasteiger partial charge in [0.05, 0.1) is 0 Å². The first-order chi connectivity index (χ1) is 4.22. The van der Waals surface area contributed by atoms with Gasteiger partial charge < -0.3 is 0 Å². The van der Waals surface area contributed by atoms with Gasteiger partial charge in [-0.15, -0.1) is 0 Å². The Balaban J connectivity index is 4.27. The Morgan fingerprint density at radius 1 is 1.56 bits per heavy atom. The smallest absolute Gasteiger partial charge is 0.0431 e. The van der Waals surface area contributed by atoms with Crippen LogP contribution in [0.5, 0.6) is 0 Å². The van der Waals surface area contributed by atoms with Gasteiger partial charge in [-0.05, 0) is 25.5 Å². The predicted octanol–water partition coefficient (Wildman–Crippen LogP) is 3.26. The van der Waals surface area contributed by atoms with E-state index in [-0.39, 0.29) is 0 Å². The molecule has 9 heavy (non-hydrogen) atoms. The van der Waals surface area contributed by atoms with Gasteiger partial charge in [0.25, 0.3) is 0 Å². The van der Waals surface area contributed by atoms with Gasteiger partial charge in [-0.2, -0.15) is 0 Å². The number of rotatable bonds is 2. The Hall–Kier alpha value is -0.490. The third-order valence-corrected chi connectivity index (χ3v) is 1.42. The molecule has 0 heterocycles. The molecule has 0 aromatic rings. The molecule has 0 radical (unpaired) electrons. The quantitative estimate of drug-likeness (QED) is 0.520. The van der Waals surface area contributed by atoms with Gasteiger partial charge in [0.2, 0.25) is 0 Å². The van der Waals surface area contributed by atoms with Gasteiger partial charge in [0.1, 0.15) is 0 Å². The van der Waals surface area contributed by atoms with E-state index in [9.17, 15) is 0 Å². The second kappa shape index (κ2) is 4.39. The van der Waals surface area contributed by atoms with E-state index < -0.39 is 0 Å². The predicted molar refractivity (Wildman–Crippen MR) is 43.6 cm³/mol. The van der Waals surface area contributed by atoms with E-state index in [0.29, 0.717) is 0 Å². The molecule has 0 saturated heterocycles. The molecule has 0 atom stereocenters. The summed E-state index contributed by atoms with van der Waals surface area (Å²) in [5, 5.41) is 0.757. The standard InChI is InChI=1S/C8H11Cl/c1-4-6-8(9)7(3)5-2/h4-6H,2H2,1,3H3/b6-4-,8-7+. The van der Waals surface area contributed by atoms with Crippen molar-refractivity contribution in [2.75, 3.05) is 0 Å². The molecule has 0 aliphatic rings. The van der Waals surface area contributed by atoms with Crippen LogP contribution in [0.25, 0.3) is 0 Å². The molecule has 0 rings (SSSR count). The maximum absolute atomic E-state index is 5.75. The minimum Gasteiger partial charge on any atom is -0.0987 e. The summed E-state index contributed by atoms with van der Waals surface area (Å²) < 4.78 is 0. The van der Waals surface area contributed by atoms with Crippen LogP contribution in [0.15, 0.2) is 35.4 Å². The lowest BCUT2D eigenvalue weighted by molar-refractivity contribution is 1.50. The van der Waals surface area contributed by atoms with Crippen molar-refractivity contribution in [1.29, 1.82) is 0 Å². The lowest BCUT2D eigenvalue weighted by Gasteiger charge is -1.90. The summed E-state index contributed by atoms with van der Waals surface area (Å²) in [5.41, 5.74) is 1.01. The zero-order valence-corrected chi connectivity index (χ0v) is 6.57. The fraction of sp³-hybridized carbons (Fsp3) is 0.250. The van der Waals surface area contributed by atoms with Crippen molar-refractivity contribution in [3.05, 3.63) is 35.4 Å². The summed E-state index contributed by atoms with van der Waals surface area (Å²) >= 11 is 5.75. The molecule has 0 fully saturated rings. The summed E-state index contributed by atoms with van der Waals surface area (Å²) in [6.45, 7) is 7.44. The Morgan fingerprint density at radius 2 is 2.11 bits per heavy atom. The van der Waals surface area contributed by atoms with Crippen molar-refractivity contribution in [3.63, 3.8) is 0 Å². The summed E-state index contributed by atoms with van der Waals surface area (Å²) in [5.74, 6) is 0. The summed E-state index contributed by atoms with van der Waals surface area (Å²) in [6, 6.07) is 0. The third-order valence-electron chi connectivity index (χ3n) is 0.996. The summed E-state index contributed by atoms with van der Waals surface area (Å²) in [7, 11) is 0. The van der Waals surface area contributed by atoms with Gasteiger partial charge in [0.15, 0.2) is 0 Å². The number of hydrogen-bond acceptors (Lipinski definition) is 0. The minimum absolute atomic E-state index is 0.757. The average Bonchev–Trinajstić information content (AvgIpc) is 1.87. The third kappa shape index (κ3) is 3.15. The van der Waals surface area contributed by atoms with Gasteiger partial charge in [-0.25, -0.2) is 0 Å². The molecule has 0 spiro atoms. The molecular weight excluding hydrogens is 132 g/mol. The van der Waals surface area contributed by atoms with Crippen molar-refractivity contribution in [2.24, 2.45) is 0 Å². The van der Waals surface area contributed by atoms with E-state index in [2.05, 4.69) is 6.58 Å². The first kappa shape index (κ1) is 8.51. The second-order valence-corrected chi connectivity index (χ2v) is 2.14. The van der Waals surface area contributed by atoms with E-state index in [1.54, 1.807) is 6.08 Å². The van der Waals surface area contributed by atoms with Gasteiger partial charge >= 0.3 is 0 Å². The molecular formula is C8H11Cl. The van der Waals surface area contributed by atoms with Crippen molar-refractivity contribution >= 4 is 11.6 Å². The largest absolute Gasteiger partial charge is 0.0987 e. The maximum atomic E-state index is 5.75. The van der Waals surface area contributed by atoms with E-state index in [4.69, 9.17) is 11.6 Å². The highest BCUT2D eigenvalue weighted by Crippen LogP contribution is 2.10. The molecule has 0 bridgehead atoms. The topological polar surface area (TPSA) is 0 Å². The molecule has 0 amide bonds. The van der Waals surface area contributed by atoms with Gasteiger partial charge in [0, 0.05) is 5.03 Å². The van der Waals surface area contributed by atoms with Crippen LogP contribution in [0.2, 0.25) is 0 Å². The zero-order valence-electron chi connectivity index (χ0n) is 5.82. The molecule has 0 N–H and O–H groups in total. The molecule has 1 heteroatoms. The molecule has 0 aromatic heterocycles. The Labute approximate surface area is 61.5 Å². The maximum Gasteiger partial charge on any atom is 0.0431 e. The minimum atomic E-state index is 0.757. The summed E-state index contributed by atoms with van der Waals surface area (Å²) in [6.07, 6.45) is 5.48. The number of hydrogen-bond donors (Lipinski definition) is 0. The van der Waals surface area contributed by atoms with Crippen LogP contribution in [0.3, 0.4) is 0 Å². The van der Waals surface area contributed by atoms with Crippen molar-refractivity contribution in [1.82, 2.24) is 0 Å². The lowest BCUT2D eigenvalue weighted by atomic mass is 10.3. The molecule has 0 nitrogen and oxygen atoms in total. The zero-order chi connectivity index (χ0) is 7.28. The van der Waals surface area contributed by atoms with Crippen LogP contribution in [0.4, 0.5) is 0 Å². The average molecular weight is 143 g/mol. The van der Waals surface area contributed by atoms with E-state index >= 15 is 0 Å². The second-order valence-electron chi connectivity index (χ2n) is 1.74. The van der Waals surface area contributed by atoms with Crippen LogP contribution in [0, 0.1) is 0 Å². The van der Waals surface area contributed by atoms with Crippen molar-refractivity contribution in [2.45, 2.75) is 13.8 Å². The number of halogens is 1. The van der Waals surface area contributed by atoms with Gasteiger partial charge in [-0.1, -0.05) is 30.3 Å². The fourth-order valence-electron chi connectivity index (χ4n) is 0.375. The first-order valence-corrected chi connectivity index (χ1v) is 3.21. The molecule has 0 unspecified atom stereocenters. The van der Waals surface area contributed by atoms with Crippen LogP contribution >= 0.6 is 11.6 Å². The van der Waals surface area contributed by atoms with Crippen molar-refractivity contribution < 1.29 is 0 Å². The highest BCUT2D eigenvalue weighted by molar-refractivity contribution is 6.31. The molecule has 0 aromatic carbocycles. The fourth-order valence-corrected chi connectivity index (χ4v) is 0.578. The van der Waals surface area contributed by atoms with Crippen LogP contribution < -0.4 is 0 Å². The molecule has 0 aliphatic heterocycles. The Kier molecular flexibility index (Phi) is 4.16. The SMILES string of the molecule is C=C/C(C)=C(Cl)\C=C/C. The highest BCUT2D eigenvalue weighted by atomic mass is 35.5. The normalized spacial score (nSPS) is 13.7. The number of allylic oxidation sites excluding steroid dienone is 5. The Morgan fingerprint density at radius 3 is 2.44 bits per heavy atom. The van der Waals surface area contributed by atoms with E-state index in [1.165, 1.54) is 0 Å². The highest BCUT2D eigenvalue weighted by Gasteiger charge is 1.86. The molecule has 0 saturated carbocycles. The molecule has 50 valence electrons. The monoisotopic (exact) mass is 142 g/mol. The van der Waals surface area contributed by atoms with Crippen LogP contribution in [0.1, 0.15) is 13.8 Å².